The number of hydrogen-bond donors (Lipinski definition) is 1. The molecule has 3 rings (SSSR count). The summed E-state index contributed by atoms with van der Waals surface area (Å²) in [5, 5.41) is 0. The number of likely N-dealkylation sites (tertiary alicyclic amines) is 1. The lowest BCUT2D eigenvalue weighted by Crippen LogP contribution is -2.50. The Morgan fingerprint density at radius 3 is 2.70 bits per heavy atom. The van der Waals surface area contributed by atoms with Gasteiger partial charge in [0.1, 0.15) is 10.1 Å². The fourth-order valence-corrected chi connectivity index (χ4v) is 3.80. The molecule has 1 saturated heterocycles. The van der Waals surface area contributed by atoms with Gasteiger partial charge in [0.25, 0.3) is 5.56 Å². The third-order valence-electron chi connectivity index (χ3n) is 4.35. The SMILES string of the molecule is CC(C)(C)OC(=O)N1CC2CC(C1)c1cc(N)c(Br)c(=O)n1C2. The lowest BCUT2D eigenvalue weighted by molar-refractivity contribution is 0.0102. The summed E-state index contributed by atoms with van der Waals surface area (Å²) in [6.07, 6.45) is 0.688. The van der Waals surface area contributed by atoms with Crippen LogP contribution >= 0.6 is 15.9 Å². The van der Waals surface area contributed by atoms with E-state index in [2.05, 4.69) is 15.9 Å². The van der Waals surface area contributed by atoms with Crippen LogP contribution in [0.3, 0.4) is 0 Å². The molecule has 126 valence electrons. The Hall–Kier alpha value is -1.50. The molecule has 2 aliphatic rings. The van der Waals surface area contributed by atoms with Crippen molar-refractivity contribution in [1.29, 1.82) is 0 Å². The first kappa shape index (κ1) is 16.4. The van der Waals surface area contributed by atoms with E-state index in [4.69, 9.17) is 10.5 Å². The summed E-state index contributed by atoms with van der Waals surface area (Å²) in [4.78, 5) is 26.5. The molecular formula is C16H22BrN3O3. The molecule has 23 heavy (non-hydrogen) atoms. The van der Waals surface area contributed by atoms with Gasteiger partial charge in [0.15, 0.2) is 0 Å². The van der Waals surface area contributed by atoms with Gasteiger partial charge in [-0.1, -0.05) is 0 Å². The van der Waals surface area contributed by atoms with Crippen LogP contribution in [0, 0.1) is 5.92 Å². The molecule has 6 nitrogen and oxygen atoms in total. The zero-order chi connectivity index (χ0) is 16.9. The molecule has 1 fully saturated rings. The van der Waals surface area contributed by atoms with Crippen molar-refractivity contribution >= 4 is 27.7 Å². The number of amides is 1. The average Bonchev–Trinajstić information content (AvgIpc) is 2.44. The van der Waals surface area contributed by atoms with E-state index in [1.54, 1.807) is 9.47 Å². The molecule has 0 spiro atoms. The maximum Gasteiger partial charge on any atom is 0.410 e. The number of pyridine rings is 1. The average molecular weight is 384 g/mol. The molecule has 0 saturated carbocycles. The van der Waals surface area contributed by atoms with Gasteiger partial charge in [-0.15, -0.1) is 0 Å². The van der Waals surface area contributed by atoms with Gasteiger partial charge < -0.3 is 19.9 Å². The van der Waals surface area contributed by atoms with Crippen LogP contribution < -0.4 is 11.3 Å². The van der Waals surface area contributed by atoms with Gasteiger partial charge in [0.05, 0.1) is 5.69 Å². The van der Waals surface area contributed by atoms with Crippen molar-refractivity contribution in [2.75, 3.05) is 18.8 Å². The molecule has 7 heteroatoms. The molecule has 2 atom stereocenters. The Kier molecular flexibility index (Phi) is 3.94. The number of rotatable bonds is 0. The minimum atomic E-state index is -0.506. The van der Waals surface area contributed by atoms with E-state index in [-0.39, 0.29) is 23.5 Å². The second kappa shape index (κ2) is 5.54. The highest BCUT2D eigenvalue weighted by atomic mass is 79.9. The standard InChI is InChI=1S/C16H22BrN3O3/c1-16(2,3)23-15(22)19-6-9-4-10(8-19)12-5-11(18)13(17)14(21)20(12)7-9/h5,9-10H,4,6-8,18H2,1-3H3. The van der Waals surface area contributed by atoms with E-state index in [0.29, 0.717) is 29.8 Å². The van der Waals surface area contributed by atoms with Crippen LogP contribution in [0.15, 0.2) is 15.3 Å². The van der Waals surface area contributed by atoms with E-state index in [0.717, 1.165) is 12.1 Å². The van der Waals surface area contributed by atoms with E-state index >= 15 is 0 Å². The normalized spacial score (nSPS) is 23.4. The summed E-state index contributed by atoms with van der Waals surface area (Å²) in [7, 11) is 0. The molecule has 1 aromatic heterocycles. The summed E-state index contributed by atoms with van der Waals surface area (Å²) in [5.41, 5.74) is 6.71. The summed E-state index contributed by atoms with van der Waals surface area (Å²) in [5.74, 6) is 0.389. The highest BCUT2D eigenvalue weighted by Crippen LogP contribution is 2.37. The Labute approximate surface area is 143 Å². The fraction of sp³-hybridized carbons (Fsp3) is 0.625. The molecule has 3 heterocycles. The maximum atomic E-state index is 12.4. The number of fused-ring (bicyclic) bond motifs is 4. The lowest BCUT2D eigenvalue weighted by Gasteiger charge is -2.43. The summed E-state index contributed by atoms with van der Waals surface area (Å²) in [6.45, 7) is 7.39. The number of carbonyl (C=O) groups is 1. The van der Waals surface area contributed by atoms with Crippen LogP contribution in [-0.2, 0) is 11.3 Å². The maximum absolute atomic E-state index is 12.4. The van der Waals surface area contributed by atoms with Crippen molar-refractivity contribution in [2.45, 2.75) is 45.3 Å². The molecule has 0 radical (unpaired) electrons. The summed E-state index contributed by atoms with van der Waals surface area (Å²) >= 11 is 3.26. The second-order valence-electron chi connectivity index (χ2n) is 7.44. The van der Waals surface area contributed by atoms with Gasteiger partial charge in [0, 0.05) is 31.2 Å². The van der Waals surface area contributed by atoms with Crippen molar-refractivity contribution < 1.29 is 9.53 Å². The number of hydrogen-bond acceptors (Lipinski definition) is 4. The number of piperidine rings is 1. The first-order valence-corrected chi connectivity index (χ1v) is 8.61. The number of carbonyl (C=O) groups excluding carboxylic acids is 1. The van der Waals surface area contributed by atoms with Crippen LogP contribution in [0.5, 0.6) is 0 Å². The van der Waals surface area contributed by atoms with Crippen molar-refractivity contribution in [2.24, 2.45) is 5.92 Å². The van der Waals surface area contributed by atoms with Crippen molar-refractivity contribution in [3.05, 3.63) is 26.6 Å². The smallest absolute Gasteiger partial charge is 0.410 e. The Morgan fingerprint density at radius 1 is 1.35 bits per heavy atom. The van der Waals surface area contributed by atoms with Crippen molar-refractivity contribution in [3.8, 4) is 0 Å². The number of aromatic nitrogens is 1. The third-order valence-corrected chi connectivity index (χ3v) is 5.15. The van der Waals surface area contributed by atoms with Crippen molar-refractivity contribution in [1.82, 2.24) is 9.47 Å². The zero-order valence-electron chi connectivity index (χ0n) is 13.6. The topological polar surface area (TPSA) is 77.6 Å². The number of anilines is 1. The zero-order valence-corrected chi connectivity index (χ0v) is 15.2. The molecule has 2 unspecified atom stereocenters. The molecule has 0 aliphatic carbocycles. The number of halogens is 1. The first-order chi connectivity index (χ1) is 10.7. The number of nitrogen functional groups attached to an aromatic ring is 1. The minimum Gasteiger partial charge on any atom is -0.444 e. The van der Waals surface area contributed by atoms with Gasteiger partial charge in [0.2, 0.25) is 0 Å². The quantitative estimate of drug-likeness (QED) is 0.746. The molecule has 2 aliphatic heterocycles. The van der Waals surface area contributed by atoms with Crippen molar-refractivity contribution in [3.63, 3.8) is 0 Å². The summed E-state index contributed by atoms with van der Waals surface area (Å²) < 4.78 is 7.70. The largest absolute Gasteiger partial charge is 0.444 e. The molecule has 2 N–H and O–H groups in total. The third kappa shape index (κ3) is 3.11. The van der Waals surface area contributed by atoms with Gasteiger partial charge in [-0.3, -0.25) is 4.79 Å². The van der Waals surface area contributed by atoms with E-state index in [1.807, 2.05) is 26.8 Å². The molecular weight excluding hydrogens is 362 g/mol. The van der Waals surface area contributed by atoms with Crippen LogP contribution in [0.25, 0.3) is 0 Å². The van der Waals surface area contributed by atoms with Crippen LogP contribution in [0.1, 0.15) is 38.8 Å². The molecule has 2 bridgehead atoms. The highest BCUT2D eigenvalue weighted by molar-refractivity contribution is 9.10. The molecule has 1 amide bonds. The van der Waals surface area contributed by atoms with Gasteiger partial charge in [-0.25, -0.2) is 4.79 Å². The van der Waals surface area contributed by atoms with Gasteiger partial charge >= 0.3 is 6.09 Å². The van der Waals surface area contributed by atoms with Crippen LogP contribution in [0.2, 0.25) is 0 Å². The Balaban J connectivity index is 1.89. The Bertz CT molecular complexity index is 708. The van der Waals surface area contributed by atoms with Gasteiger partial charge in [-0.05, 0) is 55.1 Å². The van der Waals surface area contributed by atoms with Crippen LogP contribution in [-0.4, -0.2) is 34.3 Å². The Morgan fingerprint density at radius 2 is 2.04 bits per heavy atom. The van der Waals surface area contributed by atoms with E-state index in [1.165, 1.54) is 0 Å². The summed E-state index contributed by atoms with van der Waals surface area (Å²) in [6, 6.07) is 1.85. The monoisotopic (exact) mass is 383 g/mol. The number of ether oxygens (including phenoxy) is 1. The number of nitrogens with zero attached hydrogens (tertiary/aromatic N) is 2. The van der Waals surface area contributed by atoms with E-state index in [9.17, 15) is 9.59 Å². The molecule has 0 aromatic carbocycles. The predicted molar refractivity (Wildman–Crippen MR) is 91.5 cm³/mol. The lowest BCUT2D eigenvalue weighted by atomic mass is 9.83. The van der Waals surface area contributed by atoms with E-state index < -0.39 is 5.60 Å². The second-order valence-corrected chi connectivity index (χ2v) is 8.23. The predicted octanol–water partition coefficient (Wildman–Crippen LogP) is 2.55. The highest BCUT2D eigenvalue weighted by Gasteiger charge is 2.38. The van der Waals surface area contributed by atoms with Gasteiger partial charge in [-0.2, -0.15) is 0 Å². The number of nitrogens with two attached hydrogens (primary N) is 1. The molecule has 1 aromatic rings. The minimum absolute atomic E-state index is 0.0829. The first-order valence-electron chi connectivity index (χ1n) is 7.82. The fourth-order valence-electron chi connectivity index (χ4n) is 3.47. The van der Waals surface area contributed by atoms with Crippen LogP contribution in [0.4, 0.5) is 10.5 Å².